The maximum Gasteiger partial charge on any atom is 0.200 e. The molecular formula is C19H22N10. The van der Waals surface area contributed by atoms with Gasteiger partial charge in [0.1, 0.15) is 11.8 Å². The maximum absolute atomic E-state index is 8.73. The number of hydrazone groups is 1. The largest absolute Gasteiger partial charge is 0.338 e. The fraction of sp³-hybridized carbons (Fsp3) is 0.263. The third-order valence-electron chi connectivity index (χ3n) is 3.95. The van der Waals surface area contributed by atoms with Gasteiger partial charge in [0, 0.05) is 24.0 Å². The molecule has 0 spiro atoms. The van der Waals surface area contributed by atoms with E-state index in [-0.39, 0.29) is 12.6 Å². The van der Waals surface area contributed by atoms with Crippen molar-refractivity contribution in [3.8, 4) is 6.07 Å². The number of fused-ring (bicyclic) bond motifs is 1. The van der Waals surface area contributed by atoms with Gasteiger partial charge in [0.2, 0.25) is 0 Å². The van der Waals surface area contributed by atoms with Crippen LogP contribution >= 0.6 is 0 Å². The Morgan fingerprint density at radius 3 is 2.97 bits per heavy atom. The molecule has 0 bridgehead atoms. The molecule has 0 saturated heterocycles. The minimum absolute atomic E-state index is 0.0461. The predicted octanol–water partition coefficient (Wildman–Crippen LogP) is 2.57. The SMILES string of the molecule is CC(C)N=NC(=NN)c1cccc(Nc2ncnn3ccc(CNCC#N)c23)c1. The van der Waals surface area contributed by atoms with Gasteiger partial charge in [0.05, 0.1) is 18.7 Å². The first-order valence-corrected chi connectivity index (χ1v) is 9.07. The van der Waals surface area contributed by atoms with E-state index < -0.39 is 0 Å². The van der Waals surface area contributed by atoms with Crippen molar-refractivity contribution in [1.82, 2.24) is 19.9 Å². The minimum atomic E-state index is 0.0461. The average molecular weight is 390 g/mol. The number of hydrogen-bond donors (Lipinski definition) is 3. The lowest BCUT2D eigenvalue weighted by Gasteiger charge is -2.10. The summed E-state index contributed by atoms with van der Waals surface area (Å²) in [7, 11) is 0. The summed E-state index contributed by atoms with van der Waals surface area (Å²) in [6.45, 7) is 4.65. The van der Waals surface area contributed by atoms with Gasteiger partial charge >= 0.3 is 0 Å². The molecular weight excluding hydrogens is 368 g/mol. The molecule has 2 heterocycles. The summed E-state index contributed by atoms with van der Waals surface area (Å²) in [5.74, 6) is 6.48. The number of hydrogen-bond acceptors (Lipinski definition) is 8. The minimum Gasteiger partial charge on any atom is -0.338 e. The zero-order chi connectivity index (χ0) is 20.6. The van der Waals surface area contributed by atoms with E-state index in [1.54, 1.807) is 4.52 Å². The first-order chi connectivity index (χ1) is 14.1. The van der Waals surface area contributed by atoms with E-state index in [1.165, 1.54) is 6.33 Å². The van der Waals surface area contributed by atoms with Crippen LogP contribution in [0.5, 0.6) is 0 Å². The van der Waals surface area contributed by atoms with Crippen molar-refractivity contribution in [1.29, 1.82) is 5.26 Å². The summed E-state index contributed by atoms with van der Waals surface area (Å²) in [6.07, 6.45) is 3.34. The number of aromatic nitrogens is 3. The second-order valence-electron chi connectivity index (χ2n) is 6.47. The van der Waals surface area contributed by atoms with E-state index in [1.807, 2.05) is 50.4 Å². The van der Waals surface area contributed by atoms with E-state index in [2.05, 4.69) is 42.1 Å². The van der Waals surface area contributed by atoms with Crippen LogP contribution in [0.25, 0.3) is 5.52 Å². The Labute approximate surface area is 168 Å². The number of nitrogens with two attached hydrogens (primary N) is 1. The van der Waals surface area contributed by atoms with E-state index in [0.717, 1.165) is 22.3 Å². The standard InChI is InChI=1S/C19H22N10/c1-13(2)27-28-18(26-21)14-4-3-5-16(10-14)25-19-17-15(11-22-8-7-20)6-9-29(17)24-12-23-19/h3-6,9-10,12-13,22H,8,11,21H2,1-2H3,(H,23,24,25). The van der Waals surface area contributed by atoms with Crippen LogP contribution in [0, 0.1) is 11.3 Å². The van der Waals surface area contributed by atoms with Crippen LogP contribution in [-0.2, 0) is 6.54 Å². The Hall–Kier alpha value is -3.84. The van der Waals surface area contributed by atoms with Crippen LogP contribution in [0.1, 0.15) is 25.0 Å². The van der Waals surface area contributed by atoms with Crippen molar-refractivity contribution in [2.75, 3.05) is 11.9 Å². The van der Waals surface area contributed by atoms with Gasteiger partial charge in [-0.25, -0.2) is 9.50 Å². The fourth-order valence-electron chi connectivity index (χ4n) is 2.71. The highest BCUT2D eigenvalue weighted by atomic mass is 15.3. The van der Waals surface area contributed by atoms with Crippen molar-refractivity contribution < 1.29 is 0 Å². The molecule has 148 valence electrons. The van der Waals surface area contributed by atoms with Crippen molar-refractivity contribution >= 4 is 22.9 Å². The monoisotopic (exact) mass is 390 g/mol. The maximum atomic E-state index is 8.73. The summed E-state index contributed by atoms with van der Waals surface area (Å²) in [5, 5.41) is 31.3. The number of nitrogens with zero attached hydrogens (tertiary/aromatic N) is 7. The average Bonchev–Trinajstić information content (AvgIpc) is 3.13. The van der Waals surface area contributed by atoms with E-state index >= 15 is 0 Å². The molecule has 4 N–H and O–H groups in total. The summed E-state index contributed by atoms with van der Waals surface area (Å²) < 4.78 is 1.74. The van der Waals surface area contributed by atoms with E-state index in [9.17, 15) is 0 Å². The zero-order valence-corrected chi connectivity index (χ0v) is 16.2. The predicted molar refractivity (Wildman–Crippen MR) is 111 cm³/mol. The molecule has 0 atom stereocenters. The van der Waals surface area contributed by atoms with Crippen molar-refractivity contribution in [3.05, 3.63) is 54.0 Å². The van der Waals surface area contributed by atoms with E-state index in [0.29, 0.717) is 18.2 Å². The summed E-state index contributed by atoms with van der Waals surface area (Å²) >= 11 is 0. The molecule has 0 unspecified atom stereocenters. The number of anilines is 2. The number of amidine groups is 1. The molecule has 10 nitrogen and oxygen atoms in total. The second kappa shape index (κ2) is 9.38. The van der Waals surface area contributed by atoms with E-state index in [4.69, 9.17) is 11.1 Å². The third-order valence-corrected chi connectivity index (χ3v) is 3.95. The number of rotatable bonds is 7. The van der Waals surface area contributed by atoms with Crippen LogP contribution in [0.2, 0.25) is 0 Å². The van der Waals surface area contributed by atoms with Crippen molar-refractivity contribution in [2.45, 2.75) is 26.4 Å². The molecule has 0 saturated carbocycles. The summed E-state index contributed by atoms with van der Waals surface area (Å²) in [6, 6.07) is 11.6. The molecule has 3 rings (SSSR count). The fourth-order valence-corrected chi connectivity index (χ4v) is 2.71. The van der Waals surface area contributed by atoms with Crippen LogP contribution in [0.4, 0.5) is 11.5 Å². The smallest absolute Gasteiger partial charge is 0.200 e. The quantitative estimate of drug-likeness (QED) is 0.108. The highest BCUT2D eigenvalue weighted by Crippen LogP contribution is 2.23. The molecule has 0 radical (unpaired) electrons. The molecule has 0 fully saturated rings. The molecule has 1 aromatic carbocycles. The number of nitrogens with one attached hydrogen (secondary N) is 2. The normalized spacial score (nSPS) is 12.0. The zero-order valence-electron chi connectivity index (χ0n) is 16.2. The number of azo groups is 1. The lowest BCUT2D eigenvalue weighted by Crippen LogP contribution is -2.13. The number of nitriles is 1. The third kappa shape index (κ3) is 4.91. The molecule has 0 aliphatic heterocycles. The highest BCUT2D eigenvalue weighted by Gasteiger charge is 2.11. The molecule has 0 amide bonds. The first-order valence-electron chi connectivity index (χ1n) is 9.07. The Kier molecular flexibility index (Phi) is 6.44. The van der Waals surface area contributed by atoms with Gasteiger partial charge in [0.15, 0.2) is 11.7 Å². The summed E-state index contributed by atoms with van der Waals surface area (Å²) in [4.78, 5) is 4.38. The highest BCUT2D eigenvalue weighted by molar-refractivity contribution is 5.99. The van der Waals surface area contributed by atoms with Crippen LogP contribution in [0.15, 0.2) is 58.2 Å². The number of benzene rings is 1. The lowest BCUT2D eigenvalue weighted by atomic mass is 10.2. The molecule has 10 heteroatoms. The molecule has 29 heavy (non-hydrogen) atoms. The Bertz CT molecular complexity index is 1070. The topological polar surface area (TPSA) is 141 Å². The second-order valence-corrected chi connectivity index (χ2v) is 6.47. The molecule has 0 aliphatic carbocycles. The van der Waals surface area contributed by atoms with Crippen molar-refractivity contribution in [2.24, 2.45) is 21.2 Å². The Balaban J connectivity index is 1.90. The van der Waals surface area contributed by atoms with Crippen LogP contribution in [0.3, 0.4) is 0 Å². The van der Waals surface area contributed by atoms with Gasteiger partial charge in [-0.2, -0.15) is 20.6 Å². The van der Waals surface area contributed by atoms with Crippen LogP contribution in [-0.4, -0.2) is 33.0 Å². The van der Waals surface area contributed by atoms with Gasteiger partial charge in [-0.15, -0.1) is 5.11 Å². The van der Waals surface area contributed by atoms with Gasteiger partial charge in [0.25, 0.3) is 0 Å². The van der Waals surface area contributed by atoms with Gasteiger partial charge < -0.3 is 16.5 Å². The Morgan fingerprint density at radius 1 is 1.34 bits per heavy atom. The molecule has 3 aromatic rings. The molecule has 2 aromatic heterocycles. The van der Waals surface area contributed by atoms with Crippen LogP contribution < -0.4 is 16.5 Å². The van der Waals surface area contributed by atoms with Crippen molar-refractivity contribution in [3.63, 3.8) is 0 Å². The molecule has 0 aliphatic rings. The van der Waals surface area contributed by atoms with Gasteiger partial charge in [-0.1, -0.05) is 12.1 Å². The Morgan fingerprint density at radius 2 is 2.21 bits per heavy atom. The first kappa shape index (κ1) is 19.9. The van der Waals surface area contributed by atoms with Gasteiger partial charge in [-0.05, 0) is 37.6 Å². The lowest BCUT2D eigenvalue weighted by molar-refractivity contribution is 0.768. The van der Waals surface area contributed by atoms with Gasteiger partial charge in [-0.3, -0.25) is 0 Å². The summed E-state index contributed by atoms with van der Waals surface area (Å²) in [5.41, 5.74) is 3.34.